The Morgan fingerprint density at radius 3 is 2.44 bits per heavy atom. The van der Waals surface area contributed by atoms with E-state index in [1.54, 1.807) is 0 Å². The Kier molecular flexibility index (Phi) is 8.01. The highest BCUT2D eigenvalue weighted by Gasteiger charge is 2.19. The van der Waals surface area contributed by atoms with Crippen molar-refractivity contribution in [2.75, 3.05) is 12.8 Å². The maximum Gasteiger partial charge on any atom is 0.312 e. The smallest absolute Gasteiger partial charge is 0.312 e. The van der Waals surface area contributed by atoms with Crippen molar-refractivity contribution < 1.29 is 9.59 Å². The first-order valence-electron chi connectivity index (χ1n) is 5.34. The van der Waals surface area contributed by atoms with Gasteiger partial charge in [-0.3, -0.25) is 9.52 Å². The number of carbonyl (C=O) groups excluding carboxylic acids is 2. The first-order chi connectivity index (χ1) is 7.49. The van der Waals surface area contributed by atoms with Crippen LogP contribution >= 0.6 is 11.9 Å². The molecule has 0 aliphatic carbocycles. The number of carbonyl (C=O) groups is 2. The molecule has 5 nitrogen and oxygen atoms in total. The molecule has 94 valence electrons. The molecule has 0 aromatic heterocycles. The van der Waals surface area contributed by atoms with E-state index >= 15 is 0 Å². The minimum atomic E-state index is -0.524. The summed E-state index contributed by atoms with van der Waals surface area (Å²) in [5.41, 5.74) is 4.94. The second-order valence-electron chi connectivity index (χ2n) is 3.86. The molecule has 0 rings (SSSR count). The summed E-state index contributed by atoms with van der Waals surface area (Å²) in [6.45, 7) is 4.28. The monoisotopic (exact) mass is 247 g/mol. The zero-order chi connectivity index (χ0) is 12.6. The van der Waals surface area contributed by atoms with E-state index in [1.807, 2.05) is 20.1 Å². The van der Waals surface area contributed by atoms with Gasteiger partial charge in [0.1, 0.15) is 0 Å². The van der Waals surface area contributed by atoms with Crippen LogP contribution in [-0.4, -0.2) is 30.7 Å². The van der Waals surface area contributed by atoms with E-state index < -0.39 is 6.03 Å². The number of nitrogens with one attached hydrogen (secondary N) is 2. The summed E-state index contributed by atoms with van der Waals surface area (Å²) in [5.74, 6) is 0.224. The molecule has 16 heavy (non-hydrogen) atoms. The molecule has 0 saturated heterocycles. The van der Waals surface area contributed by atoms with Crippen molar-refractivity contribution in [1.29, 1.82) is 0 Å². The maximum atomic E-state index is 11.8. The van der Waals surface area contributed by atoms with E-state index in [4.69, 9.17) is 5.73 Å². The summed E-state index contributed by atoms with van der Waals surface area (Å²) >= 11 is 1.44. The number of amides is 2. The second-order valence-corrected chi connectivity index (χ2v) is 4.51. The summed E-state index contributed by atoms with van der Waals surface area (Å²) in [7, 11) is 0. The Morgan fingerprint density at radius 2 is 2.00 bits per heavy atom. The summed E-state index contributed by atoms with van der Waals surface area (Å²) in [6.07, 6.45) is 3.33. The molecule has 0 aliphatic heterocycles. The van der Waals surface area contributed by atoms with Crippen LogP contribution in [0.2, 0.25) is 0 Å². The Hall–Kier alpha value is -0.750. The van der Waals surface area contributed by atoms with Crippen LogP contribution < -0.4 is 15.8 Å². The minimum absolute atomic E-state index is 0.0220. The summed E-state index contributed by atoms with van der Waals surface area (Å²) < 4.78 is 3.08. The van der Waals surface area contributed by atoms with Crippen LogP contribution in [0.3, 0.4) is 0 Å². The molecule has 0 bridgehead atoms. The standard InChI is InChI=1S/C10H21N3O2S/c1-7(2)9(14)8(13-16-3)5-4-6-12-10(11)15/h7-8,13H,4-6H2,1-3H3,(H3,11,12,15)/t8-/m0/s1. The average Bonchev–Trinajstić information content (AvgIpc) is 2.21. The molecule has 4 N–H and O–H groups in total. The lowest BCUT2D eigenvalue weighted by Gasteiger charge is -2.17. The van der Waals surface area contributed by atoms with Gasteiger partial charge < -0.3 is 11.1 Å². The molecule has 2 amide bonds. The molecule has 0 heterocycles. The number of hydrogen-bond acceptors (Lipinski definition) is 4. The van der Waals surface area contributed by atoms with Gasteiger partial charge >= 0.3 is 6.03 Å². The molecule has 0 saturated carbocycles. The molecular formula is C10H21N3O2S. The highest BCUT2D eigenvalue weighted by atomic mass is 32.2. The lowest BCUT2D eigenvalue weighted by Crippen LogP contribution is -2.37. The zero-order valence-electron chi connectivity index (χ0n) is 10.1. The Labute approximate surface area is 101 Å². The van der Waals surface area contributed by atoms with Gasteiger partial charge in [0.25, 0.3) is 0 Å². The molecule has 6 heteroatoms. The van der Waals surface area contributed by atoms with Crippen LogP contribution in [0.5, 0.6) is 0 Å². The number of rotatable bonds is 8. The fraction of sp³-hybridized carbons (Fsp3) is 0.800. The fourth-order valence-corrected chi connectivity index (χ4v) is 1.84. The van der Waals surface area contributed by atoms with Crippen molar-refractivity contribution in [1.82, 2.24) is 10.0 Å². The third-order valence-electron chi connectivity index (χ3n) is 2.14. The van der Waals surface area contributed by atoms with Gasteiger partial charge in [-0.2, -0.15) is 0 Å². The molecular weight excluding hydrogens is 226 g/mol. The van der Waals surface area contributed by atoms with Gasteiger partial charge in [-0.1, -0.05) is 25.8 Å². The Balaban J connectivity index is 3.94. The molecule has 1 atom stereocenters. The van der Waals surface area contributed by atoms with Crippen molar-refractivity contribution in [2.45, 2.75) is 32.7 Å². The highest BCUT2D eigenvalue weighted by molar-refractivity contribution is 7.96. The van der Waals surface area contributed by atoms with Crippen LogP contribution in [0.25, 0.3) is 0 Å². The molecule has 0 aliphatic rings. The number of nitrogens with two attached hydrogens (primary N) is 1. The van der Waals surface area contributed by atoms with E-state index in [0.29, 0.717) is 13.0 Å². The summed E-state index contributed by atoms with van der Waals surface area (Å²) in [4.78, 5) is 22.2. The molecule has 0 aromatic carbocycles. The van der Waals surface area contributed by atoms with Crippen LogP contribution in [0.4, 0.5) is 4.79 Å². The first kappa shape index (κ1) is 15.2. The van der Waals surface area contributed by atoms with Crippen molar-refractivity contribution in [3.63, 3.8) is 0 Å². The van der Waals surface area contributed by atoms with Gasteiger partial charge in [-0.05, 0) is 19.1 Å². The number of urea groups is 1. The molecule has 0 aromatic rings. The van der Waals surface area contributed by atoms with Gasteiger partial charge in [-0.15, -0.1) is 0 Å². The lowest BCUT2D eigenvalue weighted by molar-refractivity contribution is -0.123. The molecule has 0 spiro atoms. The minimum Gasteiger partial charge on any atom is -0.352 e. The van der Waals surface area contributed by atoms with Gasteiger partial charge in [0.2, 0.25) is 0 Å². The summed E-state index contributed by atoms with van der Waals surface area (Å²) in [5, 5.41) is 2.50. The van der Waals surface area contributed by atoms with E-state index in [0.717, 1.165) is 6.42 Å². The van der Waals surface area contributed by atoms with Gasteiger partial charge in [0, 0.05) is 12.5 Å². The highest BCUT2D eigenvalue weighted by Crippen LogP contribution is 2.08. The van der Waals surface area contributed by atoms with Gasteiger partial charge in [-0.25, -0.2) is 4.79 Å². The molecule has 0 fully saturated rings. The first-order valence-corrected chi connectivity index (χ1v) is 6.57. The lowest BCUT2D eigenvalue weighted by atomic mass is 9.99. The predicted octanol–water partition coefficient (Wildman–Crippen LogP) is 0.896. The third kappa shape index (κ3) is 6.68. The fourth-order valence-electron chi connectivity index (χ4n) is 1.32. The van der Waals surface area contributed by atoms with Crippen molar-refractivity contribution in [3.8, 4) is 0 Å². The number of primary amides is 1. The molecule has 0 radical (unpaired) electrons. The largest absolute Gasteiger partial charge is 0.352 e. The number of ketones is 1. The van der Waals surface area contributed by atoms with Gasteiger partial charge in [0.15, 0.2) is 5.78 Å². The van der Waals surface area contributed by atoms with E-state index in [-0.39, 0.29) is 17.7 Å². The topological polar surface area (TPSA) is 84.2 Å². The van der Waals surface area contributed by atoms with E-state index in [1.165, 1.54) is 11.9 Å². The average molecular weight is 247 g/mol. The number of hydrogen-bond donors (Lipinski definition) is 3. The van der Waals surface area contributed by atoms with Crippen LogP contribution in [0.15, 0.2) is 0 Å². The van der Waals surface area contributed by atoms with Crippen LogP contribution in [-0.2, 0) is 4.79 Å². The van der Waals surface area contributed by atoms with Crippen LogP contribution in [0, 0.1) is 5.92 Å². The summed E-state index contributed by atoms with van der Waals surface area (Å²) in [6, 6.07) is -0.672. The quantitative estimate of drug-likeness (QED) is 0.439. The predicted molar refractivity (Wildman–Crippen MR) is 67.1 cm³/mol. The normalized spacial score (nSPS) is 12.5. The van der Waals surface area contributed by atoms with E-state index in [9.17, 15) is 9.59 Å². The van der Waals surface area contributed by atoms with Crippen LogP contribution in [0.1, 0.15) is 26.7 Å². The second kappa shape index (κ2) is 8.41. The SMILES string of the molecule is CSN[C@@H](CCCNC(N)=O)C(=O)C(C)C. The third-order valence-corrected chi connectivity index (χ3v) is 2.66. The van der Waals surface area contributed by atoms with E-state index in [2.05, 4.69) is 10.0 Å². The maximum absolute atomic E-state index is 11.8. The van der Waals surface area contributed by atoms with Crippen molar-refractivity contribution in [3.05, 3.63) is 0 Å². The van der Waals surface area contributed by atoms with Crippen molar-refractivity contribution in [2.24, 2.45) is 11.7 Å². The van der Waals surface area contributed by atoms with Crippen molar-refractivity contribution >= 4 is 23.8 Å². The number of Topliss-reactive ketones (excluding diaryl/α,β-unsaturated/α-hetero) is 1. The Morgan fingerprint density at radius 1 is 1.38 bits per heavy atom. The molecule has 0 unspecified atom stereocenters. The Bertz CT molecular complexity index is 234. The van der Waals surface area contributed by atoms with Gasteiger partial charge in [0.05, 0.1) is 6.04 Å². The zero-order valence-corrected chi connectivity index (χ0v) is 10.9.